The maximum Gasteiger partial charge on any atom is 0.131 e. The maximum absolute atomic E-state index is 5.15. The summed E-state index contributed by atoms with van der Waals surface area (Å²) in [5, 5.41) is 15.3. The number of hydrogen-bond donors (Lipinski definition) is 2. The van der Waals surface area contributed by atoms with Gasteiger partial charge in [-0.2, -0.15) is 0 Å². The Hall–Kier alpha value is -6.57. The number of thiophene rings is 2. The van der Waals surface area contributed by atoms with Crippen LogP contribution in [0.3, 0.4) is 0 Å². The van der Waals surface area contributed by atoms with Crippen molar-refractivity contribution in [3.05, 3.63) is 199 Å². The second-order valence-electron chi connectivity index (χ2n) is 14.8. The molecule has 2 N–H and O–H groups in total. The second kappa shape index (κ2) is 13.0. The molecule has 0 radical (unpaired) electrons. The highest BCUT2D eigenvalue weighted by atomic mass is 32.1. The molecule has 0 amide bonds. The third kappa shape index (κ3) is 5.33. The lowest BCUT2D eigenvalue weighted by molar-refractivity contribution is 0.411. The van der Waals surface area contributed by atoms with Crippen LogP contribution in [0.1, 0.15) is 29.0 Å². The van der Waals surface area contributed by atoms with E-state index in [2.05, 4.69) is 191 Å². The number of amidine groups is 1. The van der Waals surface area contributed by atoms with Crippen LogP contribution in [-0.2, 0) is 0 Å². The number of nitrogens with one attached hydrogen (secondary N) is 2. The first-order valence-electron chi connectivity index (χ1n) is 19.3. The Labute approximate surface area is 337 Å². The minimum absolute atomic E-state index is 0.134. The number of nitrogens with zero attached hydrogens (tertiary/aromatic N) is 2. The topological polar surface area (TPSA) is 41.4 Å². The van der Waals surface area contributed by atoms with E-state index in [0.717, 1.165) is 17.0 Å². The van der Waals surface area contributed by atoms with Gasteiger partial charge in [-0.05, 0) is 76.9 Å². The van der Waals surface area contributed by atoms with Gasteiger partial charge in [0.1, 0.15) is 18.2 Å². The average molecular weight is 767 g/mol. The van der Waals surface area contributed by atoms with E-state index in [9.17, 15) is 0 Å². The van der Waals surface area contributed by atoms with Crippen LogP contribution in [0, 0.1) is 0 Å². The van der Waals surface area contributed by atoms with Gasteiger partial charge in [0.15, 0.2) is 0 Å². The average Bonchev–Trinajstić information content (AvgIpc) is 3.95. The molecule has 4 nitrogen and oxygen atoms in total. The lowest BCUT2D eigenvalue weighted by Gasteiger charge is -2.32. The molecule has 0 saturated carbocycles. The van der Waals surface area contributed by atoms with Gasteiger partial charge in [0.25, 0.3) is 0 Å². The fourth-order valence-corrected chi connectivity index (χ4v) is 11.1. The quantitative estimate of drug-likeness (QED) is 0.183. The first-order valence-corrected chi connectivity index (χ1v) is 21.0. The predicted octanol–water partition coefficient (Wildman–Crippen LogP) is 13.5. The maximum atomic E-state index is 5.15. The summed E-state index contributed by atoms with van der Waals surface area (Å²) in [5.41, 5.74) is 9.55. The first kappa shape index (κ1) is 32.7. The highest BCUT2D eigenvalue weighted by Crippen LogP contribution is 2.43. The van der Waals surface area contributed by atoms with Crippen LogP contribution >= 0.6 is 22.7 Å². The molecular formula is C51H34N4S2. The predicted molar refractivity (Wildman–Crippen MR) is 243 cm³/mol. The lowest BCUT2D eigenvalue weighted by atomic mass is 9.99. The fraction of sp³-hybridized carbons (Fsp3) is 0.0392. The Morgan fingerprint density at radius 2 is 1.11 bits per heavy atom. The Bertz CT molecular complexity index is 3320. The van der Waals surface area contributed by atoms with Crippen LogP contribution < -0.4 is 10.6 Å². The largest absolute Gasteiger partial charge is 0.350 e. The van der Waals surface area contributed by atoms with Crippen molar-refractivity contribution in [2.24, 2.45) is 4.99 Å². The van der Waals surface area contributed by atoms with Crippen LogP contribution in [0.25, 0.3) is 79.0 Å². The first-order chi connectivity index (χ1) is 28.2. The SMILES string of the molecule is c1ccc(C2=NC(c3ccccc3)NC(c3cccc4sc5cc(-c6ccc7sc8ccc(-n9c%10ccccc%10c%10ccccc%109)cc8c7c6)ccc5c34)N2)cc1. The second-order valence-corrected chi connectivity index (χ2v) is 17.0. The van der Waals surface area contributed by atoms with Gasteiger partial charge in [-0.15, -0.1) is 22.7 Å². The van der Waals surface area contributed by atoms with Gasteiger partial charge >= 0.3 is 0 Å². The van der Waals surface area contributed by atoms with Gasteiger partial charge in [-0.25, -0.2) is 4.99 Å². The minimum atomic E-state index is -0.180. The van der Waals surface area contributed by atoms with E-state index in [1.165, 1.54) is 84.5 Å². The van der Waals surface area contributed by atoms with Crippen molar-refractivity contribution in [3.8, 4) is 16.8 Å². The number of aromatic nitrogens is 1. The molecular weight excluding hydrogens is 733 g/mol. The van der Waals surface area contributed by atoms with E-state index in [1.807, 2.05) is 28.7 Å². The van der Waals surface area contributed by atoms with Crippen molar-refractivity contribution in [3.63, 3.8) is 0 Å². The van der Waals surface area contributed by atoms with E-state index in [1.54, 1.807) is 0 Å². The molecule has 8 aromatic carbocycles. The molecule has 2 atom stereocenters. The summed E-state index contributed by atoms with van der Waals surface area (Å²) in [7, 11) is 0. The molecule has 270 valence electrons. The van der Waals surface area contributed by atoms with Gasteiger partial charge in [0.2, 0.25) is 0 Å². The van der Waals surface area contributed by atoms with Crippen LogP contribution in [-0.4, -0.2) is 10.4 Å². The fourth-order valence-electron chi connectivity index (χ4n) is 8.83. The molecule has 1 aliphatic rings. The summed E-state index contributed by atoms with van der Waals surface area (Å²) in [4.78, 5) is 5.15. The minimum Gasteiger partial charge on any atom is -0.350 e. The molecule has 1 aliphatic heterocycles. The summed E-state index contributed by atoms with van der Waals surface area (Å²) < 4.78 is 7.59. The summed E-state index contributed by atoms with van der Waals surface area (Å²) in [6, 6.07) is 66.1. The molecule has 2 unspecified atom stereocenters. The smallest absolute Gasteiger partial charge is 0.131 e. The monoisotopic (exact) mass is 766 g/mol. The Morgan fingerprint density at radius 1 is 0.456 bits per heavy atom. The van der Waals surface area contributed by atoms with E-state index in [4.69, 9.17) is 4.99 Å². The number of hydrogen-bond acceptors (Lipinski definition) is 5. The van der Waals surface area contributed by atoms with Crippen molar-refractivity contribution in [2.45, 2.75) is 12.3 Å². The molecule has 0 saturated heterocycles. The Morgan fingerprint density at radius 3 is 1.89 bits per heavy atom. The molecule has 3 aromatic heterocycles. The Kier molecular flexibility index (Phi) is 7.45. The van der Waals surface area contributed by atoms with Gasteiger partial charge < -0.3 is 9.88 Å². The zero-order valence-corrected chi connectivity index (χ0v) is 32.3. The summed E-state index contributed by atoms with van der Waals surface area (Å²) in [5.74, 6) is 0.894. The highest BCUT2D eigenvalue weighted by molar-refractivity contribution is 7.26. The molecule has 0 aliphatic carbocycles. The van der Waals surface area contributed by atoms with Crippen molar-refractivity contribution in [1.82, 2.24) is 15.2 Å². The lowest BCUT2D eigenvalue weighted by Crippen LogP contribution is -2.45. The van der Waals surface area contributed by atoms with E-state index < -0.39 is 0 Å². The van der Waals surface area contributed by atoms with E-state index >= 15 is 0 Å². The molecule has 57 heavy (non-hydrogen) atoms. The van der Waals surface area contributed by atoms with E-state index in [-0.39, 0.29) is 12.3 Å². The molecule has 0 bridgehead atoms. The number of benzene rings is 8. The standard InChI is InChI=1S/C51H34N4S2/c1-3-12-31(13-4-1)49-52-50(32-14-5-2-6-15-32)54-51(53-49)39-18-11-21-46-48(39)38-25-22-34(29-47(38)57-46)33-23-26-44-40(28-33)41-30-35(24-27-45(41)56-44)55-42-19-9-7-16-36(42)37-17-8-10-20-43(37)55/h1-30,49,51,53H,(H,52,54). The molecule has 0 fully saturated rings. The van der Waals surface area contributed by atoms with Gasteiger partial charge in [-0.3, -0.25) is 5.32 Å². The van der Waals surface area contributed by atoms with Crippen molar-refractivity contribution < 1.29 is 0 Å². The molecule has 11 aromatic rings. The van der Waals surface area contributed by atoms with Crippen LogP contribution in [0.15, 0.2) is 187 Å². The normalized spacial score (nSPS) is 15.9. The molecule has 4 heterocycles. The van der Waals surface area contributed by atoms with Gasteiger partial charge in [-0.1, -0.05) is 127 Å². The van der Waals surface area contributed by atoms with Crippen molar-refractivity contribution in [1.29, 1.82) is 0 Å². The number of fused-ring (bicyclic) bond motifs is 9. The summed E-state index contributed by atoms with van der Waals surface area (Å²) in [6.07, 6.45) is -0.314. The van der Waals surface area contributed by atoms with Gasteiger partial charge in [0.05, 0.1) is 11.0 Å². The van der Waals surface area contributed by atoms with Crippen LogP contribution in [0.2, 0.25) is 0 Å². The van der Waals surface area contributed by atoms with Crippen LogP contribution in [0.4, 0.5) is 0 Å². The van der Waals surface area contributed by atoms with Crippen LogP contribution in [0.5, 0.6) is 0 Å². The van der Waals surface area contributed by atoms with Crippen molar-refractivity contribution >= 4 is 90.7 Å². The summed E-state index contributed by atoms with van der Waals surface area (Å²) >= 11 is 3.74. The number of rotatable bonds is 5. The summed E-state index contributed by atoms with van der Waals surface area (Å²) in [6.45, 7) is 0. The zero-order chi connectivity index (χ0) is 37.5. The Balaban J connectivity index is 0.945. The molecule has 0 spiro atoms. The van der Waals surface area contributed by atoms with Gasteiger partial charge in [0, 0.05) is 62.4 Å². The molecule has 6 heteroatoms. The highest BCUT2D eigenvalue weighted by Gasteiger charge is 2.27. The number of aliphatic imine (C=N–C) groups is 1. The third-order valence-corrected chi connectivity index (χ3v) is 13.8. The third-order valence-electron chi connectivity index (χ3n) is 11.5. The van der Waals surface area contributed by atoms with Crippen molar-refractivity contribution in [2.75, 3.05) is 0 Å². The molecule has 12 rings (SSSR count). The zero-order valence-electron chi connectivity index (χ0n) is 30.7. The number of para-hydroxylation sites is 2. The van der Waals surface area contributed by atoms with E-state index in [0.29, 0.717) is 0 Å².